The number of alkyl halides is 2. The van der Waals surface area contributed by atoms with Gasteiger partial charge in [0, 0.05) is 25.4 Å². The van der Waals surface area contributed by atoms with Gasteiger partial charge in [-0.25, -0.2) is 18.7 Å². The Bertz CT molecular complexity index is 495. The molecule has 1 aliphatic rings. The first kappa shape index (κ1) is 13.3. The van der Waals surface area contributed by atoms with E-state index in [2.05, 4.69) is 9.97 Å². The first-order valence-corrected chi connectivity index (χ1v) is 5.54. The van der Waals surface area contributed by atoms with Crippen LogP contribution in [0.4, 0.5) is 8.78 Å². The molecule has 1 aromatic rings. The molecule has 0 spiro atoms. The van der Waals surface area contributed by atoms with Crippen LogP contribution in [0.3, 0.4) is 0 Å². The minimum atomic E-state index is -3.20. The molecule has 0 saturated carbocycles. The van der Waals surface area contributed by atoms with Gasteiger partial charge in [0.2, 0.25) is 0 Å². The van der Waals surface area contributed by atoms with E-state index in [-0.39, 0.29) is 12.1 Å². The molecule has 2 rings (SSSR count). The lowest BCUT2D eigenvalue weighted by Gasteiger charge is -2.35. The van der Waals surface area contributed by atoms with Crippen molar-refractivity contribution in [2.45, 2.75) is 12.3 Å². The summed E-state index contributed by atoms with van der Waals surface area (Å²) < 4.78 is 26.9. The summed E-state index contributed by atoms with van der Waals surface area (Å²) >= 11 is 0. The standard InChI is InChI=1S/C11H11F2N3O3/c12-11(13)1-7(10(18)19)4-16(5-11)9(17)8-2-14-6-15-3-8/h2-3,6-7H,1,4-5H2,(H,18,19). The molecule has 1 aliphatic heterocycles. The monoisotopic (exact) mass is 271 g/mol. The van der Waals surface area contributed by atoms with E-state index < -0.39 is 36.7 Å². The Morgan fingerprint density at radius 2 is 2.00 bits per heavy atom. The highest BCUT2D eigenvalue weighted by Gasteiger charge is 2.44. The van der Waals surface area contributed by atoms with Crippen molar-refractivity contribution in [2.24, 2.45) is 5.92 Å². The number of hydrogen-bond donors (Lipinski definition) is 1. The molecule has 1 amide bonds. The molecule has 1 atom stereocenters. The number of carbonyl (C=O) groups is 2. The Morgan fingerprint density at radius 3 is 2.58 bits per heavy atom. The number of carboxylic acid groups (broad SMARTS) is 1. The minimum absolute atomic E-state index is 0.0596. The number of nitrogens with zero attached hydrogens (tertiary/aromatic N) is 3. The fourth-order valence-corrected chi connectivity index (χ4v) is 2.01. The van der Waals surface area contributed by atoms with E-state index in [0.717, 1.165) is 4.90 Å². The van der Waals surface area contributed by atoms with Crippen LogP contribution in [0.15, 0.2) is 18.7 Å². The molecule has 0 aromatic carbocycles. The number of carbonyl (C=O) groups excluding carboxylic acids is 1. The van der Waals surface area contributed by atoms with Gasteiger partial charge in [0.25, 0.3) is 11.8 Å². The highest BCUT2D eigenvalue weighted by atomic mass is 19.3. The molecule has 0 radical (unpaired) electrons. The average molecular weight is 271 g/mol. The number of rotatable bonds is 2. The molecular formula is C11H11F2N3O3. The normalized spacial score (nSPS) is 22.0. The molecule has 102 valence electrons. The number of aromatic nitrogens is 2. The van der Waals surface area contributed by atoms with Crippen molar-refractivity contribution in [3.8, 4) is 0 Å². The highest BCUT2D eigenvalue weighted by Crippen LogP contribution is 2.31. The summed E-state index contributed by atoms with van der Waals surface area (Å²) in [4.78, 5) is 30.9. The van der Waals surface area contributed by atoms with Gasteiger partial charge in [-0.2, -0.15) is 0 Å². The number of carboxylic acids is 1. The topological polar surface area (TPSA) is 83.4 Å². The maximum Gasteiger partial charge on any atom is 0.308 e. The lowest BCUT2D eigenvalue weighted by Crippen LogP contribution is -2.51. The largest absolute Gasteiger partial charge is 0.481 e. The fraction of sp³-hybridized carbons (Fsp3) is 0.455. The van der Waals surface area contributed by atoms with Crippen molar-refractivity contribution in [1.82, 2.24) is 14.9 Å². The number of amides is 1. The number of hydrogen-bond acceptors (Lipinski definition) is 4. The number of likely N-dealkylation sites (tertiary alicyclic amines) is 1. The molecule has 0 bridgehead atoms. The van der Waals surface area contributed by atoms with E-state index in [9.17, 15) is 18.4 Å². The van der Waals surface area contributed by atoms with Gasteiger partial charge in [-0.05, 0) is 0 Å². The Labute approximate surface area is 107 Å². The number of halogens is 2. The first-order valence-electron chi connectivity index (χ1n) is 5.54. The quantitative estimate of drug-likeness (QED) is 0.854. The molecule has 1 fully saturated rings. The van der Waals surface area contributed by atoms with Crippen LogP contribution in [-0.4, -0.2) is 50.9 Å². The zero-order valence-electron chi connectivity index (χ0n) is 9.79. The highest BCUT2D eigenvalue weighted by molar-refractivity contribution is 5.94. The third-order valence-corrected chi connectivity index (χ3v) is 2.85. The molecule has 8 heteroatoms. The molecular weight excluding hydrogens is 260 g/mol. The van der Waals surface area contributed by atoms with Crippen LogP contribution in [0.2, 0.25) is 0 Å². The van der Waals surface area contributed by atoms with Gasteiger partial charge in [-0.1, -0.05) is 0 Å². The van der Waals surface area contributed by atoms with Crippen LogP contribution in [0, 0.1) is 5.92 Å². The summed E-state index contributed by atoms with van der Waals surface area (Å²) in [6.45, 7) is -1.02. The van der Waals surface area contributed by atoms with Gasteiger partial charge in [0.1, 0.15) is 6.33 Å². The molecule has 6 nitrogen and oxygen atoms in total. The van der Waals surface area contributed by atoms with Crippen LogP contribution in [-0.2, 0) is 4.79 Å². The van der Waals surface area contributed by atoms with E-state index in [0.29, 0.717) is 0 Å². The first-order chi connectivity index (χ1) is 8.89. The van der Waals surface area contributed by atoms with Crippen molar-refractivity contribution < 1.29 is 23.5 Å². The van der Waals surface area contributed by atoms with Gasteiger partial charge in [-0.15, -0.1) is 0 Å². The van der Waals surface area contributed by atoms with Gasteiger partial charge in [0.15, 0.2) is 0 Å². The third-order valence-electron chi connectivity index (χ3n) is 2.85. The summed E-state index contributed by atoms with van der Waals surface area (Å²) in [5.74, 6) is -6.49. The van der Waals surface area contributed by atoms with Gasteiger partial charge < -0.3 is 10.0 Å². The average Bonchev–Trinajstić information content (AvgIpc) is 2.37. The molecule has 19 heavy (non-hydrogen) atoms. The van der Waals surface area contributed by atoms with Crippen LogP contribution >= 0.6 is 0 Å². The van der Waals surface area contributed by atoms with Crippen LogP contribution in [0.1, 0.15) is 16.8 Å². The molecule has 1 N–H and O–H groups in total. The molecule has 2 heterocycles. The number of aliphatic carboxylic acids is 1. The van der Waals surface area contributed by atoms with Gasteiger partial charge in [-0.3, -0.25) is 9.59 Å². The second-order valence-corrected chi connectivity index (χ2v) is 4.41. The third kappa shape index (κ3) is 3.01. The molecule has 1 saturated heterocycles. The van der Waals surface area contributed by atoms with Crippen molar-refractivity contribution >= 4 is 11.9 Å². The second kappa shape index (κ2) is 4.87. The Balaban J connectivity index is 2.19. The SMILES string of the molecule is O=C(O)C1CN(C(=O)c2cncnc2)CC(F)(F)C1. The zero-order chi connectivity index (χ0) is 14.0. The Hall–Kier alpha value is -2.12. The summed E-state index contributed by atoms with van der Waals surface area (Å²) in [6.07, 6.45) is 2.87. The zero-order valence-corrected chi connectivity index (χ0v) is 9.79. The van der Waals surface area contributed by atoms with Gasteiger partial charge >= 0.3 is 5.97 Å². The maximum absolute atomic E-state index is 13.5. The summed E-state index contributed by atoms with van der Waals surface area (Å²) in [7, 11) is 0. The summed E-state index contributed by atoms with van der Waals surface area (Å²) in [6, 6.07) is 0. The summed E-state index contributed by atoms with van der Waals surface area (Å²) in [5.41, 5.74) is 0.0596. The Kier molecular flexibility index (Phi) is 3.41. The molecule has 0 aliphatic carbocycles. The van der Waals surface area contributed by atoms with Crippen molar-refractivity contribution in [3.63, 3.8) is 0 Å². The van der Waals surface area contributed by atoms with Crippen molar-refractivity contribution in [1.29, 1.82) is 0 Å². The van der Waals surface area contributed by atoms with E-state index in [1.54, 1.807) is 0 Å². The maximum atomic E-state index is 13.5. The van der Waals surface area contributed by atoms with E-state index in [1.165, 1.54) is 18.7 Å². The molecule has 1 aromatic heterocycles. The number of piperidine rings is 1. The fourth-order valence-electron chi connectivity index (χ4n) is 2.01. The Morgan fingerprint density at radius 1 is 1.37 bits per heavy atom. The van der Waals surface area contributed by atoms with Crippen molar-refractivity contribution in [2.75, 3.05) is 13.1 Å². The second-order valence-electron chi connectivity index (χ2n) is 4.41. The lowest BCUT2D eigenvalue weighted by atomic mass is 9.95. The van der Waals surface area contributed by atoms with Crippen molar-refractivity contribution in [3.05, 3.63) is 24.3 Å². The van der Waals surface area contributed by atoms with E-state index in [4.69, 9.17) is 5.11 Å². The predicted molar refractivity (Wildman–Crippen MR) is 58.6 cm³/mol. The van der Waals surface area contributed by atoms with Crippen LogP contribution < -0.4 is 0 Å². The van der Waals surface area contributed by atoms with E-state index >= 15 is 0 Å². The predicted octanol–water partition coefficient (Wildman–Crippen LogP) is 0.659. The molecule has 1 unspecified atom stereocenters. The summed E-state index contributed by atoms with van der Waals surface area (Å²) in [5, 5.41) is 8.84. The minimum Gasteiger partial charge on any atom is -0.481 e. The smallest absolute Gasteiger partial charge is 0.308 e. The van der Waals surface area contributed by atoms with E-state index in [1.807, 2.05) is 0 Å². The van der Waals surface area contributed by atoms with Gasteiger partial charge in [0.05, 0.1) is 18.0 Å². The van der Waals surface area contributed by atoms with Crippen LogP contribution in [0.5, 0.6) is 0 Å². The lowest BCUT2D eigenvalue weighted by molar-refractivity contribution is -0.151. The van der Waals surface area contributed by atoms with Crippen LogP contribution in [0.25, 0.3) is 0 Å².